The van der Waals surface area contributed by atoms with E-state index in [1.165, 1.54) is 25.7 Å². The third-order valence-electron chi connectivity index (χ3n) is 3.12. The Kier molecular flexibility index (Phi) is 3.97. The van der Waals surface area contributed by atoms with Crippen molar-refractivity contribution in [1.82, 2.24) is 0 Å². The molecule has 0 N–H and O–H groups in total. The van der Waals surface area contributed by atoms with Gasteiger partial charge in [0.15, 0.2) is 6.20 Å². The molecule has 1 heterocycles. The van der Waals surface area contributed by atoms with Crippen molar-refractivity contribution in [1.29, 1.82) is 0 Å². The Morgan fingerprint density at radius 2 is 1.94 bits per heavy atom. The first-order chi connectivity index (χ1) is 8.31. The van der Waals surface area contributed by atoms with Gasteiger partial charge >= 0.3 is 0 Å². The van der Waals surface area contributed by atoms with Gasteiger partial charge in [0, 0.05) is 17.0 Å². The highest BCUT2D eigenvalue weighted by Crippen LogP contribution is 2.13. The fourth-order valence-electron chi connectivity index (χ4n) is 2.16. The molecule has 2 rings (SSSR count). The molecule has 2 aromatic rings. The number of rotatable bonds is 5. The van der Waals surface area contributed by atoms with Gasteiger partial charge in [0.25, 0.3) is 0 Å². The molecule has 0 fully saturated rings. The van der Waals surface area contributed by atoms with E-state index in [1.54, 1.807) is 6.20 Å². The molecule has 0 bridgehead atoms. The number of fused-ring (bicyclic) bond motifs is 1. The van der Waals surface area contributed by atoms with Gasteiger partial charge in [-0.15, -0.1) is 0 Å². The van der Waals surface area contributed by atoms with E-state index in [1.807, 2.05) is 24.3 Å². The molecule has 2 heteroatoms. The third kappa shape index (κ3) is 2.96. The zero-order valence-electron chi connectivity index (χ0n) is 10.4. The number of aryl methyl sites for hydroxylation is 1. The van der Waals surface area contributed by atoms with Gasteiger partial charge in [-0.3, -0.25) is 0 Å². The number of unbranched alkanes of at least 4 members (excludes halogenated alkanes) is 3. The average molecular weight is 229 g/mol. The van der Waals surface area contributed by atoms with Gasteiger partial charge in [0.2, 0.25) is 5.52 Å². The molecule has 1 aromatic heterocycles. The fourth-order valence-corrected chi connectivity index (χ4v) is 2.16. The Bertz CT molecular complexity index is 493. The SMILES string of the molecule is CCCCCCc1cc2ccccc2[n+]([O-])c1. The second-order valence-corrected chi connectivity index (χ2v) is 4.54. The number of para-hydroxylation sites is 1. The molecule has 0 aliphatic heterocycles. The fraction of sp³-hybridized carbons (Fsp3) is 0.400. The van der Waals surface area contributed by atoms with E-state index in [-0.39, 0.29) is 0 Å². The largest absolute Gasteiger partial charge is 0.618 e. The molecule has 1 aromatic carbocycles. The molecule has 2 nitrogen and oxygen atoms in total. The van der Waals surface area contributed by atoms with Gasteiger partial charge in [-0.25, -0.2) is 0 Å². The van der Waals surface area contributed by atoms with Crippen LogP contribution in [0.5, 0.6) is 0 Å². The minimum atomic E-state index is 0.754. The highest BCUT2D eigenvalue weighted by atomic mass is 16.5. The van der Waals surface area contributed by atoms with E-state index in [4.69, 9.17) is 0 Å². The number of hydrogen-bond acceptors (Lipinski definition) is 1. The molecule has 17 heavy (non-hydrogen) atoms. The average Bonchev–Trinajstić information content (AvgIpc) is 2.35. The van der Waals surface area contributed by atoms with Crippen LogP contribution in [0.15, 0.2) is 36.5 Å². The van der Waals surface area contributed by atoms with Gasteiger partial charge in [0.05, 0.1) is 0 Å². The summed E-state index contributed by atoms with van der Waals surface area (Å²) in [6, 6.07) is 9.87. The van der Waals surface area contributed by atoms with Crippen molar-refractivity contribution >= 4 is 10.9 Å². The molecule has 0 aliphatic rings. The minimum absolute atomic E-state index is 0.754. The van der Waals surface area contributed by atoms with Crippen molar-refractivity contribution in [2.45, 2.75) is 39.0 Å². The molecule has 90 valence electrons. The molecule has 0 atom stereocenters. The summed E-state index contributed by atoms with van der Waals surface area (Å²) in [5, 5.41) is 12.8. The van der Waals surface area contributed by atoms with Crippen molar-refractivity contribution in [3.05, 3.63) is 47.3 Å². The van der Waals surface area contributed by atoms with E-state index in [0.717, 1.165) is 27.6 Å². The Hall–Kier alpha value is -1.57. The number of aromatic nitrogens is 1. The lowest BCUT2D eigenvalue weighted by molar-refractivity contribution is -0.577. The number of nitrogens with zero attached hydrogens (tertiary/aromatic N) is 1. The number of pyridine rings is 1. The van der Waals surface area contributed by atoms with E-state index in [2.05, 4.69) is 13.0 Å². The van der Waals surface area contributed by atoms with Crippen molar-refractivity contribution in [3.8, 4) is 0 Å². The van der Waals surface area contributed by atoms with Gasteiger partial charge < -0.3 is 5.21 Å². The monoisotopic (exact) mass is 229 g/mol. The van der Waals surface area contributed by atoms with Crippen LogP contribution in [0.3, 0.4) is 0 Å². The van der Waals surface area contributed by atoms with Gasteiger partial charge in [0.1, 0.15) is 0 Å². The summed E-state index contributed by atoms with van der Waals surface area (Å²) in [7, 11) is 0. The van der Waals surface area contributed by atoms with Gasteiger partial charge in [-0.2, -0.15) is 4.73 Å². The molecule has 0 spiro atoms. The molecule has 0 aliphatic carbocycles. The molecule has 0 radical (unpaired) electrons. The predicted molar refractivity (Wildman–Crippen MR) is 70.8 cm³/mol. The van der Waals surface area contributed by atoms with Crippen molar-refractivity contribution < 1.29 is 4.73 Å². The van der Waals surface area contributed by atoms with Crippen LogP contribution >= 0.6 is 0 Å². The van der Waals surface area contributed by atoms with Gasteiger partial charge in [-0.1, -0.05) is 38.3 Å². The standard InChI is InChI=1S/C15H19NO/c1-2-3-4-5-8-13-11-14-9-6-7-10-15(14)16(17)12-13/h6-7,9-12H,2-5,8H2,1H3. The van der Waals surface area contributed by atoms with E-state index in [0.29, 0.717) is 0 Å². The molecule has 0 saturated heterocycles. The Labute approximate surface area is 102 Å². The summed E-state index contributed by atoms with van der Waals surface area (Å²) < 4.78 is 0.991. The first-order valence-corrected chi connectivity index (χ1v) is 6.42. The predicted octanol–water partition coefficient (Wildman–Crippen LogP) is 3.60. The zero-order valence-corrected chi connectivity index (χ0v) is 10.4. The maximum Gasteiger partial charge on any atom is 0.223 e. The smallest absolute Gasteiger partial charge is 0.223 e. The summed E-state index contributed by atoms with van der Waals surface area (Å²) in [5.41, 5.74) is 1.90. The molecule has 0 unspecified atom stereocenters. The topological polar surface area (TPSA) is 26.9 Å². The Balaban J connectivity index is 2.13. The first-order valence-electron chi connectivity index (χ1n) is 6.42. The highest BCUT2D eigenvalue weighted by molar-refractivity contribution is 5.75. The van der Waals surface area contributed by atoms with Crippen LogP contribution in [-0.4, -0.2) is 0 Å². The summed E-state index contributed by atoms with van der Waals surface area (Å²) >= 11 is 0. The lowest BCUT2D eigenvalue weighted by atomic mass is 10.1. The van der Waals surface area contributed by atoms with Crippen molar-refractivity contribution in [3.63, 3.8) is 0 Å². The summed E-state index contributed by atoms with van der Waals surface area (Å²) in [6.45, 7) is 2.21. The second-order valence-electron chi connectivity index (χ2n) is 4.54. The maximum atomic E-state index is 11.8. The van der Waals surface area contributed by atoms with Crippen LogP contribution in [0.25, 0.3) is 10.9 Å². The summed E-state index contributed by atoms with van der Waals surface area (Å²) in [5.74, 6) is 0. The third-order valence-corrected chi connectivity index (χ3v) is 3.12. The summed E-state index contributed by atoms with van der Waals surface area (Å²) in [6.07, 6.45) is 7.68. The second kappa shape index (κ2) is 5.67. The van der Waals surface area contributed by atoms with Crippen LogP contribution in [0.4, 0.5) is 0 Å². The number of benzene rings is 1. The van der Waals surface area contributed by atoms with Crippen LogP contribution in [0.2, 0.25) is 0 Å². The highest BCUT2D eigenvalue weighted by Gasteiger charge is 2.05. The van der Waals surface area contributed by atoms with Crippen LogP contribution in [-0.2, 0) is 6.42 Å². The number of hydrogen-bond donors (Lipinski definition) is 0. The molecular formula is C15H19NO. The quantitative estimate of drug-likeness (QED) is 0.437. The van der Waals surface area contributed by atoms with Gasteiger partial charge in [-0.05, 0) is 25.0 Å². The lowest BCUT2D eigenvalue weighted by Crippen LogP contribution is -2.27. The van der Waals surface area contributed by atoms with Crippen molar-refractivity contribution in [2.75, 3.05) is 0 Å². The minimum Gasteiger partial charge on any atom is -0.618 e. The van der Waals surface area contributed by atoms with E-state index in [9.17, 15) is 5.21 Å². The van der Waals surface area contributed by atoms with E-state index >= 15 is 0 Å². The molecule has 0 amide bonds. The van der Waals surface area contributed by atoms with E-state index < -0.39 is 0 Å². The van der Waals surface area contributed by atoms with Crippen molar-refractivity contribution in [2.24, 2.45) is 0 Å². The van der Waals surface area contributed by atoms with Crippen LogP contribution in [0, 0.1) is 5.21 Å². The zero-order chi connectivity index (χ0) is 12.1. The normalized spacial score (nSPS) is 10.9. The first kappa shape index (κ1) is 11.9. The summed E-state index contributed by atoms with van der Waals surface area (Å²) in [4.78, 5) is 0. The Morgan fingerprint density at radius 1 is 1.12 bits per heavy atom. The maximum absolute atomic E-state index is 11.8. The van der Waals surface area contributed by atoms with Crippen LogP contribution < -0.4 is 4.73 Å². The van der Waals surface area contributed by atoms with Crippen LogP contribution in [0.1, 0.15) is 38.2 Å². The lowest BCUT2D eigenvalue weighted by Gasteiger charge is -2.05. The molecular weight excluding hydrogens is 210 g/mol. The Morgan fingerprint density at radius 3 is 2.76 bits per heavy atom. The molecule has 0 saturated carbocycles.